The average Bonchev–Trinajstić information content (AvgIpc) is 2.76. The zero-order chi connectivity index (χ0) is 23.3. The quantitative estimate of drug-likeness (QED) is 0.543. The third kappa shape index (κ3) is 5.48. The summed E-state index contributed by atoms with van der Waals surface area (Å²) in [5, 5.41) is 2.95. The SMILES string of the molecule is CC(C)C(NC(=O)c1ccccc1Cl)C(=O)N(Cc1ccccn1)c1ccc(F)cc1F. The molecule has 1 N–H and O–H groups in total. The number of nitrogens with one attached hydrogen (secondary N) is 1. The Hall–Kier alpha value is -3.32. The molecule has 5 nitrogen and oxygen atoms in total. The molecule has 0 spiro atoms. The van der Waals surface area contributed by atoms with E-state index in [1.807, 2.05) is 0 Å². The Kier molecular flexibility index (Phi) is 7.53. The lowest BCUT2D eigenvalue weighted by atomic mass is 10.0. The van der Waals surface area contributed by atoms with E-state index in [-0.39, 0.29) is 28.7 Å². The second-order valence-electron chi connectivity index (χ2n) is 7.52. The van der Waals surface area contributed by atoms with Crippen LogP contribution >= 0.6 is 11.6 Å². The van der Waals surface area contributed by atoms with Gasteiger partial charge >= 0.3 is 0 Å². The van der Waals surface area contributed by atoms with Gasteiger partial charge in [0.1, 0.15) is 17.7 Å². The van der Waals surface area contributed by atoms with E-state index in [1.165, 1.54) is 6.07 Å². The van der Waals surface area contributed by atoms with E-state index in [2.05, 4.69) is 10.3 Å². The number of hydrogen-bond donors (Lipinski definition) is 1. The molecule has 166 valence electrons. The smallest absolute Gasteiger partial charge is 0.253 e. The van der Waals surface area contributed by atoms with Crippen molar-refractivity contribution in [1.29, 1.82) is 0 Å². The van der Waals surface area contributed by atoms with Crippen molar-refractivity contribution in [2.45, 2.75) is 26.4 Å². The molecule has 3 aromatic rings. The summed E-state index contributed by atoms with van der Waals surface area (Å²) in [6.45, 7) is 3.46. The van der Waals surface area contributed by atoms with Crippen molar-refractivity contribution >= 4 is 29.1 Å². The molecule has 0 fully saturated rings. The fourth-order valence-electron chi connectivity index (χ4n) is 3.18. The molecule has 8 heteroatoms. The zero-order valence-electron chi connectivity index (χ0n) is 17.6. The largest absolute Gasteiger partial charge is 0.340 e. The number of hydrogen-bond acceptors (Lipinski definition) is 3. The van der Waals surface area contributed by atoms with Crippen LogP contribution in [0.25, 0.3) is 0 Å². The third-order valence-corrected chi connectivity index (χ3v) is 5.18. The van der Waals surface area contributed by atoms with Gasteiger partial charge in [0.05, 0.1) is 28.5 Å². The summed E-state index contributed by atoms with van der Waals surface area (Å²) >= 11 is 6.11. The van der Waals surface area contributed by atoms with E-state index in [9.17, 15) is 18.4 Å². The molecular weight excluding hydrogens is 436 g/mol. The normalized spacial score (nSPS) is 11.8. The van der Waals surface area contributed by atoms with Crippen molar-refractivity contribution in [1.82, 2.24) is 10.3 Å². The van der Waals surface area contributed by atoms with Gasteiger partial charge in [-0.2, -0.15) is 0 Å². The van der Waals surface area contributed by atoms with Crippen LogP contribution in [0.5, 0.6) is 0 Å². The first-order valence-electron chi connectivity index (χ1n) is 9.99. The first-order chi connectivity index (χ1) is 15.3. The molecule has 1 aromatic heterocycles. The fraction of sp³-hybridized carbons (Fsp3) is 0.208. The number of rotatable bonds is 7. The van der Waals surface area contributed by atoms with Crippen molar-refractivity contribution in [3.8, 4) is 0 Å². The Labute approximate surface area is 190 Å². The maximum atomic E-state index is 14.6. The molecule has 0 bridgehead atoms. The first kappa shape index (κ1) is 23.3. The summed E-state index contributed by atoms with van der Waals surface area (Å²) in [4.78, 5) is 31.7. The third-order valence-electron chi connectivity index (χ3n) is 4.85. The lowest BCUT2D eigenvalue weighted by molar-refractivity contribution is -0.121. The van der Waals surface area contributed by atoms with Gasteiger partial charge in [-0.25, -0.2) is 8.78 Å². The first-order valence-corrected chi connectivity index (χ1v) is 10.4. The lowest BCUT2D eigenvalue weighted by Gasteiger charge is -2.30. The molecule has 0 radical (unpaired) electrons. The highest BCUT2D eigenvalue weighted by atomic mass is 35.5. The van der Waals surface area contributed by atoms with Gasteiger partial charge in [0.2, 0.25) is 5.91 Å². The van der Waals surface area contributed by atoms with E-state index < -0.39 is 29.5 Å². The lowest BCUT2D eigenvalue weighted by Crippen LogP contribution is -2.51. The van der Waals surface area contributed by atoms with Crippen LogP contribution in [0, 0.1) is 17.6 Å². The molecule has 0 aliphatic rings. The van der Waals surface area contributed by atoms with E-state index in [0.29, 0.717) is 11.8 Å². The van der Waals surface area contributed by atoms with E-state index >= 15 is 0 Å². The Morgan fingerprint density at radius 2 is 1.78 bits per heavy atom. The van der Waals surface area contributed by atoms with E-state index in [0.717, 1.165) is 11.0 Å². The number of halogens is 3. The molecule has 2 aromatic carbocycles. The minimum atomic E-state index is -0.994. The van der Waals surface area contributed by atoms with Crippen LogP contribution in [0.15, 0.2) is 66.9 Å². The molecular formula is C24H22ClF2N3O2. The zero-order valence-corrected chi connectivity index (χ0v) is 18.3. The Balaban J connectivity index is 1.96. The summed E-state index contributed by atoms with van der Waals surface area (Å²) in [7, 11) is 0. The van der Waals surface area contributed by atoms with Crippen molar-refractivity contribution in [3.05, 3.63) is 94.8 Å². The van der Waals surface area contributed by atoms with Crippen LogP contribution < -0.4 is 10.2 Å². The standard InChI is InChI=1S/C24H22ClF2N3O2/c1-15(2)22(29-23(31)18-8-3-4-9-19(18)25)24(32)30(14-17-7-5-6-12-28-17)21-11-10-16(26)13-20(21)27/h3-13,15,22H,14H2,1-2H3,(H,29,31). The van der Waals surface area contributed by atoms with Crippen LogP contribution in [0.4, 0.5) is 14.5 Å². The number of benzene rings is 2. The van der Waals surface area contributed by atoms with Gasteiger partial charge in [0.15, 0.2) is 0 Å². The molecule has 0 aliphatic heterocycles. The number of aromatic nitrogens is 1. The predicted octanol–water partition coefficient (Wildman–Crippen LogP) is 5.00. The molecule has 1 atom stereocenters. The van der Waals surface area contributed by atoms with E-state index in [4.69, 9.17) is 11.6 Å². The number of pyridine rings is 1. The van der Waals surface area contributed by atoms with Crippen LogP contribution in [0.3, 0.4) is 0 Å². The Bertz CT molecular complexity index is 1110. The highest BCUT2D eigenvalue weighted by Crippen LogP contribution is 2.24. The van der Waals surface area contributed by atoms with Crippen LogP contribution in [-0.2, 0) is 11.3 Å². The van der Waals surface area contributed by atoms with Crippen LogP contribution in [0.2, 0.25) is 5.02 Å². The van der Waals surface area contributed by atoms with Crippen LogP contribution in [-0.4, -0.2) is 22.8 Å². The topological polar surface area (TPSA) is 62.3 Å². The van der Waals surface area contributed by atoms with Gasteiger partial charge in [-0.1, -0.05) is 43.6 Å². The number of anilines is 1. The number of amides is 2. The van der Waals surface area contributed by atoms with E-state index in [1.54, 1.807) is 62.5 Å². The minimum Gasteiger partial charge on any atom is -0.340 e. The molecule has 2 amide bonds. The second kappa shape index (κ2) is 10.3. The molecule has 0 saturated heterocycles. The number of nitrogens with zero attached hydrogens (tertiary/aromatic N) is 2. The molecule has 1 unspecified atom stereocenters. The van der Waals surface area contributed by atoms with Gasteiger partial charge in [0.25, 0.3) is 5.91 Å². The van der Waals surface area contributed by atoms with Crippen molar-refractivity contribution in [2.24, 2.45) is 5.92 Å². The monoisotopic (exact) mass is 457 g/mol. The second-order valence-corrected chi connectivity index (χ2v) is 7.92. The maximum Gasteiger partial charge on any atom is 0.253 e. The summed E-state index contributed by atoms with van der Waals surface area (Å²) in [5.41, 5.74) is 0.612. The maximum absolute atomic E-state index is 14.6. The summed E-state index contributed by atoms with van der Waals surface area (Å²) in [5.74, 6) is -3.07. The van der Waals surface area contributed by atoms with Crippen molar-refractivity contribution in [2.75, 3.05) is 4.90 Å². The number of carbonyl (C=O) groups excluding carboxylic acids is 2. The molecule has 1 heterocycles. The average molecular weight is 458 g/mol. The molecule has 3 rings (SSSR count). The van der Waals surface area contributed by atoms with Crippen molar-refractivity contribution < 1.29 is 18.4 Å². The van der Waals surface area contributed by atoms with Gasteiger partial charge in [0, 0.05) is 12.3 Å². The predicted molar refractivity (Wildman–Crippen MR) is 119 cm³/mol. The van der Waals surface area contributed by atoms with Crippen molar-refractivity contribution in [3.63, 3.8) is 0 Å². The van der Waals surface area contributed by atoms with Gasteiger partial charge in [-0.05, 0) is 42.3 Å². The van der Waals surface area contributed by atoms with Gasteiger partial charge in [-0.15, -0.1) is 0 Å². The molecule has 0 aliphatic carbocycles. The Morgan fingerprint density at radius 3 is 2.41 bits per heavy atom. The van der Waals surface area contributed by atoms with Gasteiger partial charge < -0.3 is 10.2 Å². The van der Waals surface area contributed by atoms with Gasteiger partial charge in [-0.3, -0.25) is 14.6 Å². The molecule has 32 heavy (non-hydrogen) atoms. The fourth-order valence-corrected chi connectivity index (χ4v) is 3.40. The Morgan fingerprint density at radius 1 is 1.06 bits per heavy atom. The highest BCUT2D eigenvalue weighted by Gasteiger charge is 2.32. The van der Waals surface area contributed by atoms with Crippen LogP contribution in [0.1, 0.15) is 29.9 Å². The summed E-state index contributed by atoms with van der Waals surface area (Å²) in [6.07, 6.45) is 1.55. The molecule has 0 saturated carbocycles. The summed E-state index contributed by atoms with van der Waals surface area (Å²) < 4.78 is 28.1. The number of carbonyl (C=O) groups is 2. The minimum absolute atomic E-state index is 0.0621. The highest BCUT2D eigenvalue weighted by molar-refractivity contribution is 6.33. The summed E-state index contributed by atoms with van der Waals surface area (Å²) in [6, 6.07) is 13.6.